The number of carbonyl (C=O) groups excluding carboxylic acids is 1. The highest BCUT2D eigenvalue weighted by Crippen LogP contribution is 2.17. The van der Waals surface area contributed by atoms with E-state index in [0.717, 1.165) is 16.5 Å². The van der Waals surface area contributed by atoms with E-state index < -0.39 is 10.0 Å². The third-order valence-electron chi connectivity index (χ3n) is 4.19. The number of carbonyl (C=O) groups is 1. The standard InChI is InChI=1S/C19H24N2O4S/c1-5-15-6-8-16(9-7-15)14-20(2)19(22)17-10-12-18(13-11-17)26(23,24)21(3)25-4/h6-13H,5,14H2,1-4H3. The van der Waals surface area contributed by atoms with Crippen molar-refractivity contribution in [2.75, 3.05) is 21.2 Å². The number of benzene rings is 2. The van der Waals surface area contributed by atoms with Crippen LogP contribution in [0.25, 0.3) is 0 Å². The van der Waals surface area contributed by atoms with E-state index in [0.29, 0.717) is 12.1 Å². The monoisotopic (exact) mass is 376 g/mol. The van der Waals surface area contributed by atoms with Gasteiger partial charge in [-0.1, -0.05) is 35.7 Å². The summed E-state index contributed by atoms with van der Waals surface area (Å²) in [5.41, 5.74) is 2.72. The highest BCUT2D eigenvalue weighted by molar-refractivity contribution is 7.89. The van der Waals surface area contributed by atoms with Gasteiger partial charge in [0.15, 0.2) is 0 Å². The fraction of sp³-hybridized carbons (Fsp3) is 0.316. The van der Waals surface area contributed by atoms with E-state index in [1.165, 1.54) is 44.0 Å². The normalized spacial score (nSPS) is 11.6. The van der Waals surface area contributed by atoms with Crippen LogP contribution in [-0.4, -0.2) is 44.9 Å². The Hall–Kier alpha value is -2.22. The maximum absolute atomic E-state index is 12.6. The van der Waals surface area contributed by atoms with Crippen LogP contribution in [0, 0.1) is 0 Å². The lowest BCUT2D eigenvalue weighted by Gasteiger charge is -2.18. The highest BCUT2D eigenvalue weighted by Gasteiger charge is 2.21. The maximum atomic E-state index is 12.6. The third-order valence-corrected chi connectivity index (χ3v) is 5.89. The van der Waals surface area contributed by atoms with Gasteiger partial charge in [-0.2, -0.15) is 0 Å². The van der Waals surface area contributed by atoms with Crippen molar-refractivity contribution in [3.05, 3.63) is 65.2 Å². The Morgan fingerprint density at radius 1 is 0.962 bits per heavy atom. The number of hydroxylamine groups is 1. The lowest BCUT2D eigenvalue weighted by Crippen LogP contribution is -2.27. The molecule has 2 aromatic carbocycles. The molecule has 26 heavy (non-hydrogen) atoms. The van der Waals surface area contributed by atoms with Crippen molar-refractivity contribution >= 4 is 15.9 Å². The van der Waals surface area contributed by atoms with Crippen molar-refractivity contribution in [1.82, 2.24) is 9.37 Å². The predicted molar refractivity (Wildman–Crippen MR) is 100 cm³/mol. The van der Waals surface area contributed by atoms with Gasteiger partial charge in [-0.15, -0.1) is 0 Å². The van der Waals surface area contributed by atoms with Crippen LogP contribution < -0.4 is 0 Å². The molecule has 140 valence electrons. The average molecular weight is 376 g/mol. The summed E-state index contributed by atoms with van der Waals surface area (Å²) >= 11 is 0. The van der Waals surface area contributed by atoms with E-state index in [1.807, 2.05) is 12.1 Å². The van der Waals surface area contributed by atoms with Gasteiger partial charge in [-0.05, 0) is 41.8 Å². The lowest BCUT2D eigenvalue weighted by atomic mass is 10.1. The van der Waals surface area contributed by atoms with E-state index in [1.54, 1.807) is 11.9 Å². The molecule has 2 aromatic rings. The first-order valence-electron chi connectivity index (χ1n) is 8.26. The Balaban J connectivity index is 2.11. The third kappa shape index (κ3) is 4.49. The van der Waals surface area contributed by atoms with Gasteiger partial charge in [0.05, 0.1) is 12.0 Å². The van der Waals surface area contributed by atoms with Crippen LogP contribution in [0.4, 0.5) is 0 Å². The first kappa shape index (κ1) is 20.1. The molecule has 0 heterocycles. The number of hydrogen-bond acceptors (Lipinski definition) is 4. The predicted octanol–water partition coefficient (Wildman–Crippen LogP) is 2.70. The molecule has 0 aliphatic heterocycles. The average Bonchev–Trinajstić information content (AvgIpc) is 2.67. The molecule has 0 saturated heterocycles. The summed E-state index contributed by atoms with van der Waals surface area (Å²) in [6, 6.07) is 14.0. The summed E-state index contributed by atoms with van der Waals surface area (Å²) in [5.74, 6) is -0.173. The minimum Gasteiger partial charge on any atom is -0.337 e. The van der Waals surface area contributed by atoms with Gasteiger partial charge in [-0.25, -0.2) is 8.42 Å². The topological polar surface area (TPSA) is 66.9 Å². The van der Waals surface area contributed by atoms with E-state index in [-0.39, 0.29) is 10.8 Å². The smallest absolute Gasteiger partial charge is 0.264 e. The Labute approximate surface area is 155 Å². The molecule has 0 bridgehead atoms. The van der Waals surface area contributed by atoms with Gasteiger partial charge in [0.1, 0.15) is 0 Å². The fourth-order valence-electron chi connectivity index (χ4n) is 2.46. The first-order chi connectivity index (χ1) is 12.3. The van der Waals surface area contributed by atoms with Crippen LogP contribution >= 0.6 is 0 Å². The van der Waals surface area contributed by atoms with Crippen LogP contribution in [0.15, 0.2) is 53.4 Å². The molecular formula is C19H24N2O4S. The summed E-state index contributed by atoms with van der Waals surface area (Å²) in [4.78, 5) is 19.0. The first-order valence-corrected chi connectivity index (χ1v) is 9.70. The molecule has 0 aromatic heterocycles. The number of nitrogens with zero attached hydrogens (tertiary/aromatic N) is 2. The van der Waals surface area contributed by atoms with Crippen LogP contribution in [0.5, 0.6) is 0 Å². The van der Waals surface area contributed by atoms with Crippen molar-refractivity contribution in [2.45, 2.75) is 24.8 Å². The van der Waals surface area contributed by atoms with Crippen molar-refractivity contribution in [3.63, 3.8) is 0 Å². The number of rotatable bonds is 7. The SMILES string of the molecule is CCc1ccc(CN(C)C(=O)c2ccc(S(=O)(=O)N(C)OC)cc2)cc1. The molecule has 0 aliphatic carbocycles. The molecule has 0 saturated carbocycles. The summed E-state index contributed by atoms with van der Waals surface area (Å²) in [5, 5.41) is 0. The summed E-state index contributed by atoms with van der Waals surface area (Å²) in [7, 11) is 0.588. The number of sulfonamides is 1. The number of aryl methyl sites for hydroxylation is 1. The second-order valence-electron chi connectivity index (χ2n) is 5.95. The minimum atomic E-state index is -3.72. The maximum Gasteiger partial charge on any atom is 0.264 e. The fourth-order valence-corrected chi connectivity index (χ4v) is 3.44. The molecule has 7 heteroatoms. The molecule has 0 N–H and O–H groups in total. The van der Waals surface area contributed by atoms with Gasteiger partial charge in [0.2, 0.25) is 0 Å². The Morgan fingerprint density at radius 3 is 2.00 bits per heavy atom. The molecule has 0 atom stereocenters. The Kier molecular flexibility index (Phi) is 6.52. The number of amides is 1. The number of hydrogen-bond donors (Lipinski definition) is 0. The zero-order chi connectivity index (χ0) is 19.3. The molecule has 0 spiro atoms. The second-order valence-corrected chi connectivity index (χ2v) is 7.89. The molecule has 0 fully saturated rings. The van der Waals surface area contributed by atoms with Gasteiger partial charge in [0.25, 0.3) is 15.9 Å². The van der Waals surface area contributed by atoms with Crippen molar-refractivity contribution in [2.24, 2.45) is 0 Å². The Bertz CT molecular complexity index is 846. The highest BCUT2D eigenvalue weighted by atomic mass is 32.2. The van der Waals surface area contributed by atoms with Crippen molar-refractivity contribution < 1.29 is 18.0 Å². The molecule has 1 amide bonds. The van der Waals surface area contributed by atoms with Crippen LogP contribution in [0.2, 0.25) is 0 Å². The van der Waals surface area contributed by atoms with E-state index in [9.17, 15) is 13.2 Å². The lowest BCUT2D eigenvalue weighted by molar-refractivity contribution is -0.0258. The van der Waals surface area contributed by atoms with E-state index >= 15 is 0 Å². The Morgan fingerprint density at radius 2 is 1.50 bits per heavy atom. The van der Waals surface area contributed by atoms with Gasteiger partial charge < -0.3 is 4.90 Å². The largest absolute Gasteiger partial charge is 0.337 e. The zero-order valence-electron chi connectivity index (χ0n) is 15.5. The zero-order valence-corrected chi connectivity index (χ0v) is 16.3. The minimum absolute atomic E-state index is 0.0659. The summed E-state index contributed by atoms with van der Waals surface area (Å²) < 4.78 is 25.1. The molecule has 6 nitrogen and oxygen atoms in total. The van der Waals surface area contributed by atoms with Crippen LogP contribution in [0.1, 0.15) is 28.4 Å². The summed E-state index contributed by atoms with van der Waals surface area (Å²) in [6.07, 6.45) is 0.975. The van der Waals surface area contributed by atoms with Crippen molar-refractivity contribution in [3.8, 4) is 0 Å². The van der Waals surface area contributed by atoms with Gasteiger partial charge in [-0.3, -0.25) is 9.63 Å². The molecule has 0 radical (unpaired) electrons. The molecule has 0 aliphatic rings. The van der Waals surface area contributed by atoms with Crippen molar-refractivity contribution in [1.29, 1.82) is 0 Å². The molecule has 0 unspecified atom stereocenters. The second kappa shape index (κ2) is 8.44. The van der Waals surface area contributed by atoms with Gasteiger partial charge in [0, 0.05) is 26.2 Å². The van der Waals surface area contributed by atoms with Gasteiger partial charge >= 0.3 is 0 Å². The van der Waals surface area contributed by atoms with Crippen LogP contribution in [-0.2, 0) is 27.8 Å². The quantitative estimate of drug-likeness (QED) is 0.697. The van der Waals surface area contributed by atoms with E-state index in [2.05, 4.69) is 19.1 Å². The molecular weight excluding hydrogens is 352 g/mol. The van der Waals surface area contributed by atoms with E-state index in [4.69, 9.17) is 4.84 Å². The summed E-state index contributed by atoms with van der Waals surface area (Å²) in [6.45, 7) is 2.58. The van der Waals surface area contributed by atoms with Crippen LogP contribution in [0.3, 0.4) is 0 Å². The molecule has 2 rings (SSSR count).